The number of carbonyl (C=O) groups is 1. The molecular formula is C8H12O2. The molecule has 0 aromatic heterocycles. The molecule has 0 heterocycles. The fourth-order valence-electron chi connectivity index (χ4n) is 1.33. The zero-order chi connectivity index (χ0) is 7.56. The van der Waals surface area contributed by atoms with Gasteiger partial charge < -0.3 is 5.11 Å². The third kappa shape index (κ3) is 1.59. The van der Waals surface area contributed by atoms with Gasteiger partial charge in [0.25, 0.3) is 0 Å². The quantitative estimate of drug-likeness (QED) is 0.592. The normalized spacial score (nSPS) is 30.9. The molecule has 1 N–H and O–H groups in total. The first-order valence-corrected chi connectivity index (χ1v) is 3.58. The van der Waals surface area contributed by atoms with Crippen molar-refractivity contribution in [2.45, 2.75) is 19.8 Å². The first-order chi connectivity index (χ1) is 4.70. The molecule has 2 atom stereocenters. The van der Waals surface area contributed by atoms with Gasteiger partial charge in [-0.15, -0.1) is 0 Å². The number of hydrogen-bond donors (Lipinski definition) is 1. The number of carboxylic acid groups (broad SMARTS) is 1. The molecule has 0 spiro atoms. The van der Waals surface area contributed by atoms with E-state index >= 15 is 0 Å². The molecule has 0 fully saturated rings. The molecule has 1 rings (SSSR count). The number of carboxylic acids is 1. The van der Waals surface area contributed by atoms with Gasteiger partial charge in [-0.25, -0.2) is 0 Å². The van der Waals surface area contributed by atoms with Gasteiger partial charge >= 0.3 is 5.97 Å². The van der Waals surface area contributed by atoms with Crippen LogP contribution in [0.25, 0.3) is 0 Å². The van der Waals surface area contributed by atoms with Crippen molar-refractivity contribution in [1.82, 2.24) is 0 Å². The standard InChI is InChI=1S/C8H12O2/c1-6-3-2-4-7(6)5-8(9)10/h2-3,6-7H,4-5H2,1H3,(H,9,10)/t6-,7+/m0/s1. The van der Waals surface area contributed by atoms with Crippen LogP contribution in [0.1, 0.15) is 19.8 Å². The van der Waals surface area contributed by atoms with E-state index in [1.165, 1.54) is 0 Å². The van der Waals surface area contributed by atoms with Crippen LogP contribution in [0, 0.1) is 11.8 Å². The summed E-state index contributed by atoms with van der Waals surface area (Å²) in [5.41, 5.74) is 0. The molecule has 2 heteroatoms. The van der Waals surface area contributed by atoms with Crippen molar-refractivity contribution >= 4 is 5.97 Å². The van der Waals surface area contributed by atoms with Crippen LogP contribution < -0.4 is 0 Å². The molecule has 0 aromatic rings. The lowest BCUT2D eigenvalue weighted by atomic mass is 9.94. The predicted molar refractivity (Wildman–Crippen MR) is 38.7 cm³/mol. The fraction of sp³-hybridized carbons (Fsp3) is 0.625. The van der Waals surface area contributed by atoms with Gasteiger partial charge in [-0.3, -0.25) is 4.79 Å². The lowest BCUT2D eigenvalue weighted by Crippen LogP contribution is -2.10. The van der Waals surface area contributed by atoms with Gasteiger partial charge in [-0.05, 0) is 18.3 Å². The maximum atomic E-state index is 10.3. The molecule has 0 saturated heterocycles. The minimum atomic E-state index is -0.680. The predicted octanol–water partition coefficient (Wildman–Crippen LogP) is 1.67. The van der Waals surface area contributed by atoms with Crippen LogP contribution >= 0.6 is 0 Å². The second kappa shape index (κ2) is 2.86. The molecule has 0 bridgehead atoms. The summed E-state index contributed by atoms with van der Waals surface area (Å²) in [5, 5.41) is 8.46. The molecule has 0 radical (unpaired) electrons. The van der Waals surface area contributed by atoms with E-state index in [1.807, 2.05) is 0 Å². The maximum absolute atomic E-state index is 10.3. The van der Waals surface area contributed by atoms with Crippen LogP contribution in [0.2, 0.25) is 0 Å². The minimum absolute atomic E-state index is 0.314. The Balaban J connectivity index is 2.37. The lowest BCUT2D eigenvalue weighted by molar-refractivity contribution is -0.138. The molecule has 1 aliphatic rings. The Morgan fingerprint density at radius 1 is 1.80 bits per heavy atom. The summed E-state index contributed by atoms with van der Waals surface area (Å²) in [5.74, 6) is 0.120. The van der Waals surface area contributed by atoms with Gasteiger partial charge in [0.15, 0.2) is 0 Å². The van der Waals surface area contributed by atoms with Crippen molar-refractivity contribution in [3.63, 3.8) is 0 Å². The van der Waals surface area contributed by atoms with Gasteiger partial charge in [0.1, 0.15) is 0 Å². The Hall–Kier alpha value is -0.790. The third-order valence-electron chi connectivity index (χ3n) is 2.06. The van der Waals surface area contributed by atoms with E-state index in [0.717, 1.165) is 6.42 Å². The zero-order valence-electron chi connectivity index (χ0n) is 6.08. The van der Waals surface area contributed by atoms with Crippen LogP contribution in [0.15, 0.2) is 12.2 Å². The molecule has 0 unspecified atom stereocenters. The summed E-state index contributed by atoms with van der Waals surface area (Å²) in [4.78, 5) is 10.3. The highest BCUT2D eigenvalue weighted by Gasteiger charge is 2.20. The largest absolute Gasteiger partial charge is 0.481 e. The lowest BCUT2D eigenvalue weighted by Gasteiger charge is -2.10. The first-order valence-electron chi connectivity index (χ1n) is 3.58. The van der Waals surface area contributed by atoms with Crippen LogP contribution in [0.5, 0.6) is 0 Å². The molecule has 0 saturated carbocycles. The average molecular weight is 140 g/mol. The SMILES string of the molecule is C[C@H]1C=CC[C@@H]1CC(=O)O. The van der Waals surface area contributed by atoms with Crippen molar-refractivity contribution in [2.24, 2.45) is 11.8 Å². The van der Waals surface area contributed by atoms with Gasteiger partial charge in [0.05, 0.1) is 0 Å². The Morgan fingerprint density at radius 3 is 2.90 bits per heavy atom. The van der Waals surface area contributed by atoms with E-state index in [9.17, 15) is 4.79 Å². The van der Waals surface area contributed by atoms with Crippen LogP contribution in [0.3, 0.4) is 0 Å². The third-order valence-corrected chi connectivity index (χ3v) is 2.06. The van der Waals surface area contributed by atoms with E-state index in [1.54, 1.807) is 0 Å². The summed E-state index contributed by atoms with van der Waals surface area (Å²) in [7, 11) is 0. The van der Waals surface area contributed by atoms with E-state index in [0.29, 0.717) is 18.3 Å². The van der Waals surface area contributed by atoms with Gasteiger partial charge in [0, 0.05) is 6.42 Å². The maximum Gasteiger partial charge on any atom is 0.303 e. The molecule has 10 heavy (non-hydrogen) atoms. The average Bonchev–Trinajstić information content (AvgIpc) is 2.15. The molecule has 2 nitrogen and oxygen atoms in total. The first kappa shape index (κ1) is 7.32. The summed E-state index contributed by atoms with van der Waals surface area (Å²) in [6.45, 7) is 2.07. The van der Waals surface area contributed by atoms with Gasteiger partial charge in [-0.2, -0.15) is 0 Å². The second-order valence-electron chi connectivity index (χ2n) is 2.88. The highest BCUT2D eigenvalue weighted by molar-refractivity contribution is 5.67. The summed E-state index contributed by atoms with van der Waals surface area (Å²) in [6.07, 6.45) is 5.41. The summed E-state index contributed by atoms with van der Waals surface area (Å²) >= 11 is 0. The van der Waals surface area contributed by atoms with Crippen LogP contribution in [-0.2, 0) is 4.79 Å². The van der Waals surface area contributed by atoms with Crippen molar-refractivity contribution in [1.29, 1.82) is 0 Å². The van der Waals surface area contributed by atoms with Crippen molar-refractivity contribution < 1.29 is 9.90 Å². The molecule has 0 amide bonds. The van der Waals surface area contributed by atoms with Crippen LogP contribution in [0.4, 0.5) is 0 Å². The van der Waals surface area contributed by atoms with E-state index < -0.39 is 5.97 Å². The molecular weight excluding hydrogens is 128 g/mol. The molecule has 0 aromatic carbocycles. The zero-order valence-corrected chi connectivity index (χ0v) is 6.08. The minimum Gasteiger partial charge on any atom is -0.481 e. The Bertz CT molecular complexity index is 161. The second-order valence-corrected chi connectivity index (χ2v) is 2.88. The fourth-order valence-corrected chi connectivity index (χ4v) is 1.33. The van der Waals surface area contributed by atoms with Crippen molar-refractivity contribution in [3.8, 4) is 0 Å². The van der Waals surface area contributed by atoms with Gasteiger partial charge in [0.2, 0.25) is 0 Å². The highest BCUT2D eigenvalue weighted by atomic mass is 16.4. The molecule has 56 valence electrons. The highest BCUT2D eigenvalue weighted by Crippen LogP contribution is 2.27. The van der Waals surface area contributed by atoms with E-state index in [4.69, 9.17) is 5.11 Å². The monoisotopic (exact) mass is 140 g/mol. The summed E-state index contributed by atoms with van der Waals surface area (Å²) in [6, 6.07) is 0. The van der Waals surface area contributed by atoms with Crippen molar-refractivity contribution in [2.75, 3.05) is 0 Å². The van der Waals surface area contributed by atoms with Gasteiger partial charge in [-0.1, -0.05) is 19.1 Å². The topological polar surface area (TPSA) is 37.3 Å². The van der Waals surface area contributed by atoms with Crippen molar-refractivity contribution in [3.05, 3.63) is 12.2 Å². The summed E-state index contributed by atoms with van der Waals surface area (Å²) < 4.78 is 0. The van der Waals surface area contributed by atoms with E-state index in [2.05, 4.69) is 19.1 Å². The molecule has 1 aliphatic carbocycles. The smallest absolute Gasteiger partial charge is 0.303 e. The number of hydrogen-bond acceptors (Lipinski definition) is 1. The van der Waals surface area contributed by atoms with Crippen LogP contribution in [-0.4, -0.2) is 11.1 Å². The number of allylic oxidation sites excluding steroid dienone is 2. The Morgan fingerprint density at radius 2 is 2.50 bits per heavy atom. The van der Waals surface area contributed by atoms with E-state index in [-0.39, 0.29) is 0 Å². The Labute approximate surface area is 60.6 Å². The Kier molecular flexibility index (Phi) is 2.10. The number of rotatable bonds is 2. The number of aliphatic carboxylic acids is 1. The molecule has 0 aliphatic heterocycles.